The highest BCUT2D eigenvalue weighted by molar-refractivity contribution is 7.92. The summed E-state index contributed by atoms with van der Waals surface area (Å²) in [5.74, 6) is 0.661. The molecular formula is C20H34N4O2S. The van der Waals surface area contributed by atoms with Gasteiger partial charge in [-0.2, -0.15) is 0 Å². The van der Waals surface area contributed by atoms with Crippen molar-refractivity contribution in [2.75, 3.05) is 39.0 Å². The van der Waals surface area contributed by atoms with Crippen molar-refractivity contribution < 1.29 is 8.42 Å². The van der Waals surface area contributed by atoms with Crippen LogP contribution in [-0.4, -0.2) is 63.0 Å². The van der Waals surface area contributed by atoms with Crippen LogP contribution in [0.15, 0.2) is 35.3 Å². The maximum absolute atomic E-state index is 11.9. The van der Waals surface area contributed by atoms with E-state index in [2.05, 4.69) is 44.8 Å². The predicted octanol–water partition coefficient (Wildman–Crippen LogP) is 2.20. The molecule has 0 saturated carbocycles. The van der Waals surface area contributed by atoms with Crippen LogP contribution in [0.25, 0.3) is 0 Å². The summed E-state index contributed by atoms with van der Waals surface area (Å²) >= 11 is 0. The quantitative estimate of drug-likeness (QED) is 0.522. The third-order valence-corrected chi connectivity index (χ3v) is 7.33. The number of hydrogen-bond acceptors (Lipinski definition) is 4. The Labute approximate surface area is 164 Å². The Morgan fingerprint density at radius 1 is 1.19 bits per heavy atom. The predicted molar refractivity (Wildman–Crippen MR) is 113 cm³/mol. The molecule has 7 heteroatoms. The van der Waals surface area contributed by atoms with Crippen molar-refractivity contribution in [3.8, 4) is 0 Å². The van der Waals surface area contributed by atoms with Crippen molar-refractivity contribution in [1.82, 2.24) is 15.5 Å². The van der Waals surface area contributed by atoms with Gasteiger partial charge in [-0.25, -0.2) is 8.42 Å². The van der Waals surface area contributed by atoms with E-state index in [-0.39, 0.29) is 12.6 Å². The van der Waals surface area contributed by atoms with Crippen LogP contribution in [-0.2, 0) is 9.84 Å². The molecule has 0 spiro atoms. The topological polar surface area (TPSA) is 73.8 Å². The number of sulfone groups is 1. The summed E-state index contributed by atoms with van der Waals surface area (Å²) in [5.41, 5.74) is 1.29. The fourth-order valence-electron chi connectivity index (χ4n) is 3.11. The van der Waals surface area contributed by atoms with Gasteiger partial charge < -0.3 is 10.6 Å². The summed E-state index contributed by atoms with van der Waals surface area (Å²) in [4.78, 5) is 7.05. The number of guanidine groups is 1. The molecule has 2 N–H and O–H groups in total. The number of aliphatic imine (C=N–C) groups is 1. The lowest BCUT2D eigenvalue weighted by atomic mass is 10.1. The zero-order valence-electron chi connectivity index (χ0n) is 17.0. The van der Waals surface area contributed by atoms with Gasteiger partial charge in [-0.05, 0) is 52.3 Å². The van der Waals surface area contributed by atoms with Gasteiger partial charge in [0.2, 0.25) is 0 Å². The molecule has 0 radical (unpaired) electrons. The third kappa shape index (κ3) is 6.21. The van der Waals surface area contributed by atoms with Crippen LogP contribution in [0.5, 0.6) is 0 Å². The summed E-state index contributed by atoms with van der Waals surface area (Å²) < 4.78 is 23.0. The Kier molecular flexibility index (Phi) is 7.68. The number of likely N-dealkylation sites (tertiary alicyclic amines) is 1. The Balaban J connectivity index is 2.10. The van der Waals surface area contributed by atoms with Gasteiger partial charge in [0.1, 0.15) is 0 Å². The second-order valence-corrected chi connectivity index (χ2v) is 10.4. The molecule has 1 aliphatic rings. The fourth-order valence-corrected chi connectivity index (χ4v) is 3.41. The second-order valence-electron chi connectivity index (χ2n) is 7.78. The normalized spacial score (nSPS) is 17.7. The van der Waals surface area contributed by atoms with Crippen LogP contribution < -0.4 is 10.6 Å². The minimum absolute atomic E-state index is 0.223. The lowest BCUT2D eigenvalue weighted by molar-refractivity contribution is 0.245. The van der Waals surface area contributed by atoms with E-state index in [1.54, 1.807) is 13.8 Å². The summed E-state index contributed by atoms with van der Waals surface area (Å²) in [6.07, 6.45) is 3.74. The van der Waals surface area contributed by atoms with E-state index < -0.39 is 14.6 Å². The second kappa shape index (κ2) is 9.55. The molecule has 1 atom stereocenters. The average Bonchev–Trinajstić information content (AvgIpc) is 3.14. The summed E-state index contributed by atoms with van der Waals surface area (Å²) in [7, 11) is -3.17. The van der Waals surface area contributed by atoms with E-state index in [1.165, 1.54) is 24.7 Å². The molecule has 1 aromatic rings. The standard InChI is InChI=1S/C20H34N4O2S/c1-5-21-19(23-16-20(2,3)27(4,25)26)22-15-18(24-13-9-10-14-24)17-11-7-6-8-12-17/h6-8,11-12,18H,5,9-10,13-16H2,1-4H3,(H2,21,22,23). The van der Waals surface area contributed by atoms with E-state index in [9.17, 15) is 8.42 Å². The Hall–Kier alpha value is -1.60. The number of nitrogens with zero attached hydrogens (tertiary/aromatic N) is 2. The summed E-state index contributed by atoms with van der Waals surface area (Å²) in [5, 5.41) is 6.65. The van der Waals surface area contributed by atoms with Crippen molar-refractivity contribution in [2.24, 2.45) is 4.99 Å². The molecule has 1 fully saturated rings. The first kappa shape index (κ1) is 21.7. The van der Waals surface area contributed by atoms with Crippen molar-refractivity contribution >= 4 is 15.8 Å². The van der Waals surface area contributed by atoms with Crippen molar-refractivity contribution in [2.45, 2.75) is 44.4 Å². The maximum atomic E-state index is 11.9. The summed E-state index contributed by atoms with van der Waals surface area (Å²) in [6, 6.07) is 10.8. The molecule has 27 heavy (non-hydrogen) atoms. The van der Waals surface area contributed by atoms with Crippen LogP contribution in [0.2, 0.25) is 0 Å². The smallest absolute Gasteiger partial charge is 0.191 e. The molecular weight excluding hydrogens is 360 g/mol. The van der Waals surface area contributed by atoms with Crippen LogP contribution >= 0.6 is 0 Å². The minimum Gasteiger partial charge on any atom is -0.357 e. The van der Waals surface area contributed by atoms with Crippen LogP contribution in [0, 0.1) is 0 Å². The molecule has 1 saturated heterocycles. The van der Waals surface area contributed by atoms with Gasteiger partial charge >= 0.3 is 0 Å². The molecule has 0 aliphatic carbocycles. The highest BCUT2D eigenvalue weighted by Gasteiger charge is 2.30. The zero-order chi connectivity index (χ0) is 19.9. The Bertz CT molecular complexity index is 711. The van der Waals surface area contributed by atoms with Crippen molar-refractivity contribution in [1.29, 1.82) is 0 Å². The molecule has 0 bridgehead atoms. The largest absolute Gasteiger partial charge is 0.357 e. The number of nitrogens with one attached hydrogen (secondary N) is 2. The molecule has 2 rings (SSSR count). The van der Waals surface area contributed by atoms with Gasteiger partial charge in [0.15, 0.2) is 15.8 Å². The first-order valence-corrected chi connectivity index (χ1v) is 11.6. The molecule has 1 aromatic carbocycles. The minimum atomic E-state index is -3.17. The lowest BCUT2D eigenvalue weighted by Gasteiger charge is -2.29. The molecule has 152 valence electrons. The SMILES string of the molecule is CCNC(=NCC(C)(C)S(C)(=O)=O)NCC(c1ccccc1)N1CCCC1. The first-order valence-electron chi connectivity index (χ1n) is 9.75. The third-order valence-electron chi connectivity index (χ3n) is 5.19. The fraction of sp³-hybridized carbons (Fsp3) is 0.650. The van der Waals surface area contributed by atoms with Gasteiger partial charge in [-0.1, -0.05) is 30.3 Å². The van der Waals surface area contributed by atoms with E-state index in [4.69, 9.17) is 0 Å². The Morgan fingerprint density at radius 3 is 2.37 bits per heavy atom. The molecule has 1 unspecified atom stereocenters. The van der Waals surface area contributed by atoms with Crippen molar-refractivity contribution in [3.63, 3.8) is 0 Å². The van der Waals surface area contributed by atoms with E-state index in [0.717, 1.165) is 26.2 Å². The van der Waals surface area contributed by atoms with Gasteiger partial charge in [0, 0.05) is 19.3 Å². The zero-order valence-corrected chi connectivity index (χ0v) is 17.8. The van der Waals surface area contributed by atoms with Crippen LogP contribution in [0.4, 0.5) is 0 Å². The van der Waals surface area contributed by atoms with Crippen molar-refractivity contribution in [3.05, 3.63) is 35.9 Å². The molecule has 1 aliphatic heterocycles. The highest BCUT2D eigenvalue weighted by atomic mass is 32.2. The van der Waals surface area contributed by atoms with Gasteiger partial charge in [0.05, 0.1) is 17.3 Å². The van der Waals surface area contributed by atoms with E-state index >= 15 is 0 Å². The molecule has 6 nitrogen and oxygen atoms in total. The molecule has 1 heterocycles. The van der Waals surface area contributed by atoms with Gasteiger partial charge in [0.25, 0.3) is 0 Å². The number of rotatable bonds is 8. The van der Waals surface area contributed by atoms with Crippen LogP contribution in [0.1, 0.15) is 45.2 Å². The van der Waals surface area contributed by atoms with Gasteiger partial charge in [-0.3, -0.25) is 9.89 Å². The molecule has 0 aromatic heterocycles. The van der Waals surface area contributed by atoms with E-state index in [0.29, 0.717) is 5.96 Å². The average molecular weight is 395 g/mol. The number of benzene rings is 1. The highest BCUT2D eigenvalue weighted by Crippen LogP contribution is 2.24. The van der Waals surface area contributed by atoms with E-state index in [1.807, 2.05) is 13.0 Å². The number of hydrogen-bond donors (Lipinski definition) is 2. The Morgan fingerprint density at radius 2 is 1.81 bits per heavy atom. The molecule has 0 amide bonds. The first-order chi connectivity index (χ1) is 12.7. The lowest BCUT2D eigenvalue weighted by Crippen LogP contribution is -2.44. The maximum Gasteiger partial charge on any atom is 0.191 e. The van der Waals surface area contributed by atoms with Gasteiger partial charge in [-0.15, -0.1) is 0 Å². The monoisotopic (exact) mass is 394 g/mol. The van der Waals surface area contributed by atoms with Crippen LogP contribution in [0.3, 0.4) is 0 Å². The summed E-state index contributed by atoms with van der Waals surface area (Å²) in [6.45, 7) is 9.33.